The highest BCUT2D eigenvalue weighted by Crippen LogP contribution is 2.28. The SMILES string of the molecule is CCN(CC)CCCN=C(N)Nc1cc(OC)ccc1OC.I. The molecule has 0 saturated heterocycles. The van der Waals surface area contributed by atoms with Crippen LogP contribution in [0.5, 0.6) is 11.5 Å². The van der Waals surface area contributed by atoms with Crippen LogP contribution < -0.4 is 20.5 Å². The molecule has 7 heteroatoms. The number of halogens is 1. The van der Waals surface area contributed by atoms with Crippen molar-refractivity contribution < 1.29 is 9.47 Å². The van der Waals surface area contributed by atoms with Crippen molar-refractivity contribution in [3.63, 3.8) is 0 Å². The Balaban J connectivity index is 0.00000484. The summed E-state index contributed by atoms with van der Waals surface area (Å²) in [5.41, 5.74) is 6.67. The molecule has 0 atom stereocenters. The number of nitrogens with one attached hydrogen (secondary N) is 1. The van der Waals surface area contributed by atoms with Crippen molar-refractivity contribution in [3.8, 4) is 11.5 Å². The lowest BCUT2D eigenvalue weighted by Gasteiger charge is -2.17. The third-order valence-electron chi connectivity index (χ3n) is 3.48. The van der Waals surface area contributed by atoms with E-state index in [-0.39, 0.29) is 24.0 Å². The summed E-state index contributed by atoms with van der Waals surface area (Å²) in [5.74, 6) is 1.81. The minimum absolute atomic E-state index is 0. The number of anilines is 1. The Bertz CT molecular complexity index is 479. The van der Waals surface area contributed by atoms with E-state index < -0.39 is 0 Å². The van der Waals surface area contributed by atoms with Gasteiger partial charge in [-0.2, -0.15) is 0 Å². The van der Waals surface area contributed by atoms with Gasteiger partial charge in [0.05, 0.1) is 19.9 Å². The van der Waals surface area contributed by atoms with Crippen LogP contribution in [0.2, 0.25) is 0 Å². The predicted octanol–water partition coefficient (Wildman–Crippen LogP) is 2.78. The highest BCUT2D eigenvalue weighted by molar-refractivity contribution is 14.0. The number of rotatable bonds is 9. The van der Waals surface area contributed by atoms with Crippen LogP contribution in [-0.2, 0) is 0 Å². The molecule has 0 aliphatic rings. The maximum atomic E-state index is 5.93. The van der Waals surface area contributed by atoms with Crippen molar-refractivity contribution in [2.45, 2.75) is 20.3 Å². The van der Waals surface area contributed by atoms with E-state index in [4.69, 9.17) is 15.2 Å². The molecule has 0 saturated carbocycles. The van der Waals surface area contributed by atoms with Gasteiger partial charge in [-0.15, -0.1) is 24.0 Å². The lowest BCUT2D eigenvalue weighted by Crippen LogP contribution is -2.26. The maximum absolute atomic E-state index is 5.93. The van der Waals surface area contributed by atoms with Crippen LogP contribution in [0.15, 0.2) is 23.2 Å². The number of nitrogens with zero attached hydrogens (tertiary/aromatic N) is 2. The van der Waals surface area contributed by atoms with Crippen LogP contribution in [0.3, 0.4) is 0 Å². The van der Waals surface area contributed by atoms with Gasteiger partial charge in [0.15, 0.2) is 5.96 Å². The normalized spacial score (nSPS) is 11.1. The summed E-state index contributed by atoms with van der Waals surface area (Å²) >= 11 is 0. The highest BCUT2D eigenvalue weighted by Gasteiger charge is 2.06. The first-order chi connectivity index (χ1) is 10.6. The van der Waals surface area contributed by atoms with Crippen molar-refractivity contribution >= 4 is 35.6 Å². The molecule has 0 bridgehead atoms. The van der Waals surface area contributed by atoms with Crippen molar-refractivity contribution in [1.82, 2.24) is 4.90 Å². The first-order valence-corrected chi connectivity index (χ1v) is 7.65. The van der Waals surface area contributed by atoms with Gasteiger partial charge in [0.2, 0.25) is 0 Å². The first kappa shape index (κ1) is 21.8. The Hall–Kier alpha value is -1.22. The van der Waals surface area contributed by atoms with E-state index in [1.165, 1.54) is 0 Å². The van der Waals surface area contributed by atoms with Crippen molar-refractivity contribution in [2.75, 3.05) is 45.7 Å². The number of hydrogen-bond acceptors (Lipinski definition) is 4. The molecular formula is C16H29IN4O2. The van der Waals surface area contributed by atoms with Gasteiger partial charge in [0, 0.05) is 12.6 Å². The monoisotopic (exact) mass is 436 g/mol. The molecule has 0 unspecified atom stereocenters. The molecule has 3 N–H and O–H groups in total. The van der Waals surface area contributed by atoms with E-state index in [2.05, 4.69) is 29.1 Å². The number of nitrogens with two attached hydrogens (primary N) is 1. The van der Waals surface area contributed by atoms with Gasteiger partial charge in [-0.1, -0.05) is 13.8 Å². The molecule has 1 aromatic rings. The molecule has 1 rings (SSSR count). The van der Waals surface area contributed by atoms with Crippen LogP contribution in [0.25, 0.3) is 0 Å². The van der Waals surface area contributed by atoms with Crippen LogP contribution >= 0.6 is 24.0 Å². The number of hydrogen-bond donors (Lipinski definition) is 2. The van der Waals surface area contributed by atoms with Gasteiger partial charge < -0.3 is 25.4 Å². The van der Waals surface area contributed by atoms with Gasteiger partial charge in [-0.3, -0.25) is 4.99 Å². The molecule has 0 aromatic heterocycles. The Kier molecular flexibility index (Phi) is 11.6. The Morgan fingerprint density at radius 3 is 2.48 bits per heavy atom. The zero-order valence-corrected chi connectivity index (χ0v) is 16.8. The minimum Gasteiger partial charge on any atom is -0.497 e. The average molecular weight is 436 g/mol. The summed E-state index contributed by atoms with van der Waals surface area (Å²) in [6.45, 7) is 8.19. The fourth-order valence-corrected chi connectivity index (χ4v) is 2.12. The number of methoxy groups -OCH3 is 2. The number of benzene rings is 1. The Morgan fingerprint density at radius 2 is 1.91 bits per heavy atom. The van der Waals surface area contributed by atoms with Crippen LogP contribution in [-0.4, -0.2) is 51.3 Å². The topological polar surface area (TPSA) is 72.1 Å². The fraction of sp³-hybridized carbons (Fsp3) is 0.562. The third kappa shape index (κ3) is 7.74. The molecule has 0 amide bonds. The van der Waals surface area contributed by atoms with Gasteiger partial charge in [0.25, 0.3) is 0 Å². The average Bonchev–Trinajstić information content (AvgIpc) is 2.55. The third-order valence-corrected chi connectivity index (χ3v) is 3.48. The predicted molar refractivity (Wildman–Crippen MR) is 107 cm³/mol. The quantitative estimate of drug-likeness (QED) is 0.270. The number of aliphatic imine (C=N–C) groups is 1. The lowest BCUT2D eigenvalue weighted by atomic mass is 10.2. The van der Waals surface area contributed by atoms with Gasteiger partial charge in [-0.25, -0.2) is 0 Å². The maximum Gasteiger partial charge on any atom is 0.193 e. The summed E-state index contributed by atoms with van der Waals surface area (Å²) in [5, 5.41) is 3.06. The molecule has 0 aliphatic carbocycles. The second kappa shape index (κ2) is 12.2. The summed E-state index contributed by atoms with van der Waals surface area (Å²) in [6, 6.07) is 5.49. The van der Waals surface area contributed by atoms with Gasteiger partial charge >= 0.3 is 0 Å². The van der Waals surface area contributed by atoms with E-state index in [0.717, 1.165) is 37.5 Å². The standard InChI is InChI=1S/C16H28N4O2.HI/c1-5-20(6-2)11-7-10-18-16(17)19-14-12-13(21-3)8-9-15(14)22-4;/h8-9,12H,5-7,10-11H2,1-4H3,(H3,17,18,19);1H. The van der Waals surface area contributed by atoms with E-state index in [9.17, 15) is 0 Å². The summed E-state index contributed by atoms with van der Waals surface area (Å²) in [7, 11) is 3.24. The molecule has 0 heterocycles. The molecule has 23 heavy (non-hydrogen) atoms. The highest BCUT2D eigenvalue weighted by atomic mass is 127. The molecule has 6 nitrogen and oxygen atoms in total. The molecule has 0 aliphatic heterocycles. The van der Waals surface area contributed by atoms with Crippen molar-refractivity contribution in [2.24, 2.45) is 10.7 Å². The Labute approximate surface area is 156 Å². The van der Waals surface area contributed by atoms with E-state index in [1.54, 1.807) is 14.2 Å². The zero-order valence-electron chi connectivity index (χ0n) is 14.5. The van der Waals surface area contributed by atoms with Gasteiger partial charge in [0.1, 0.15) is 11.5 Å². The van der Waals surface area contributed by atoms with Crippen molar-refractivity contribution in [1.29, 1.82) is 0 Å². The molecule has 132 valence electrons. The molecule has 0 radical (unpaired) electrons. The van der Waals surface area contributed by atoms with E-state index in [0.29, 0.717) is 18.3 Å². The second-order valence-corrected chi connectivity index (χ2v) is 4.84. The van der Waals surface area contributed by atoms with E-state index in [1.807, 2.05) is 18.2 Å². The molecule has 0 spiro atoms. The number of ether oxygens (including phenoxy) is 2. The second-order valence-electron chi connectivity index (χ2n) is 4.84. The Morgan fingerprint density at radius 1 is 1.22 bits per heavy atom. The summed E-state index contributed by atoms with van der Waals surface area (Å²) < 4.78 is 10.5. The molecule has 0 fully saturated rings. The summed E-state index contributed by atoms with van der Waals surface area (Å²) in [6.07, 6.45) is 0.985. The smallest absolute Gasteiger partial charge is 0.193 e. The van der Waals surface area contributed by atoms with Crippen LogP contribution in [0.4, 0.5) is 5.69 Å². The van der Waals surface area contributed by atoms with Gasteiger partial charge in [-0.05, 0) is 38.2 Å². The minimum atomic E-state index is 0. The van der Waals surface area contributed by atoms with Crippen molar-refractivity contribution in [3.05, 3.63) is 18.2 Å². The fourth-order valence-electron chi connectivity index (χ4n) is 2.12. The molecule has 1 aromatic carbocycles. The van der Waals surface area contributed by atoms with E-state index >= 15 is 0 Å². The largest absolute Gasteiger partial charge is 0.497 e. The summed E-state index contributed by atoms with van der Waals surface area (Å²) in [4.78, 5) is 6.72. The first-order valence-electron chi connectivity index (χ1n) is 7.65. The lowest BCUT2D eigenvalue weighted by molar-refractivity contribution is 0.302. The number of guanidine groups is 1. The van der Waals surface area contributed by atoms with Crippen LogP contribution in [0, 0.1) is 0 Å². The van der Waals surface area contributed by atoms with Crippen LogP contribution in [0.1, 0.15) is 20.3 Å². The zero-order chi connectivity index (χ0) is 16.4. The molecular weight excluding hydrogens is 407 g/mol.